The van der Waals surface area contributed by atoms with Crippen LogP contribution < -0.4 is 5.56 Å². The first kappa shape index (κ1) is 13.3. The van der Waals surface area contributed by atoms with Gasteiger partial charge in [0.1, 0.15) is 5.82 Å². The number of thioether (sulfide) groups is 1. The lowest BCUT2D eigenvalue weighted by molar-refractivity contribution is 0.298. The maximum absolute atomic E-state index is 11.7. The van der Waals surface area contributed by atoms with Gasteiger partial charge in [-0.05, 0) is 19.1 Å². The number of aliphatic hydroxyl groups excluding tert-OH is 1. The summed E-state index contributed by atoms with van der Waals surface area (Å²) in [5, 5.41) is 8.83. The van der Waals surface area contributed by atoms with Gasteiger partial charge in [0.2, 0.25) is 0 Å². The number of hydrogen-bond donors (Lipinski definition) is 2. The third-order valence-corrected chi connectivity index (χ3v) is 3.39. The van der Waals surface area contributed by atoms with E-state index in [0.717, 1.165) is 29.4 Å². The van der Waals surface area contributed by atoms with Gasteiger partial charge in [-0.1, -0.05) is 6.92 Å². The van der Waals surface area contributed by atoms with Gasteiger partial charge in [0, 0.05) is 24.3 Å². The van der Waals surface area contributed by atoms with E-state index in [-0.39, 0.29) is 12.2 Å². The van der Waals surface area contributed by atoms with Crippen LogP contribution in [-0.2, 0) is 12.2 Å². The van der Waals surface area contributed by atoms with Crippen LogP contribution in [0, 0.1) is 6.92 Å². The minimum Gasteiger partial charge on any atom is -0.396 e. The first-order valence-corrected chi connectivity index (χ1v) is 6.61. The predicted octanol–water partition coefficient (Wildman–Crippen LogP) is 1.26. The van der Waals surface area contributed by atoms with Crippen LogP contribution in [0.2, 0.25) is 0 Å². The fraction of sp³-hybridized carbons (Fsp3) is 0.636. The molecule has 1 heterocycles. The molecule has 1 aromatic heterocycles. The summed E-state index contributed by atoms with van der Waals surface area (Å²) in [6, 6.07) is 0. The molecule has 90 valence electrons. The van der Waals surface area contributed by atoms with Crippen molar-refractivity contribution in [2.75, 3.05) is 12.4 Å². The third kappa shape index (κ3) is 3.64. The Hall–Kier alpha value is -0.810. The summed E-state index contributed by atoms with van der Waals surface area (Å²) < 4.78 is 0. The van der Waals surface area contributed by atoms with Crippen molar-refractivity contribution >= 4 is 11.8 Å². The molecule has 0 unspecified atom stereocenters. The minimum atomic E-state index is -0.117. The van der Waals surface area contributed by atoms with Crippen LogP contribution in [0.1, 0.15) is 30.4 Å². The lowest BCUT2D eigenvalue weighted by Gasteiger charge is -2.05. The summed E-state index contributed by atoms with van der Waals surface area (Å²) in [4.78, 5) is 18.8. The summed E-state index contributed by atoms with van der Waals surface area (Å²) in [5.41, 5.74) is 1.20. The van der Waals surface area contributed by atoms with Crippen LogP contribution in [-0.4, -0.2) is 27.4 Å². The fourth-order valence-corrected chi connectivity index (χ4v) is 2.22. The van der Waals surface area contributed by atoms with Crippen LogP contribution in [0.5, 0.6) is 0 Å². The van der Waals surface area contributed by atoms with Crippen LogP contribution in [0.3, 0.4) is 0 Å². The van der Waals surface area contributed by atoms with Gasteiger partial charge in [-0.3, -0.25) is 4.79 Å². The van der Waals surface area contributed by atoms with Gasteiger partial charge in [0.05, 0.1) is 5.75 Å². The fourth-order valence-electron chi connectivity index (χ4n) is 1.46. The normalized spacial score (nSPS) is 10.7. The standard InChI is InChI=1S/C11H18N2O2S/c1-3-6-16-7-10-12-8(2)9(4-5-14)11(15)13-10/h14H,3-7H2,1-2H3,(H,12,13,15). The molecule has 0 spiro atoms. The molecule has 0 aliphatic carbocycles. The number of nitrogens with zero attached hydrogens (tertiary/aromatic N) is 1. The van der Waals surface area contributed by atoms with Gasteiger partial charge >= 0.3 is 0 Å². The van der Waals surface area contributed by atoms with E-state index in [0.29, 0.717) is 12.0 Å². The minimum absolute atomic E-state index is 0.0183. The molecule has 1 rings (SSSR count). The van der Waals surface area contributed by atoms with Crippen LogP contribution >= 0.6 is 11.8 Å². The molecule has 0 aromatic carbocycles. The van der Waals surface area contributed by atoms with Crippen molar-refractivity contribution in [1.29, 1.82) is 0 Å². The maximum atomic E-state index is 11.7. The summed E-state index contributed by atoms with van der Waals surface area (Å²) >= 11 is 1.76. The summed E-state index contributed by atoms with van der Waals surface area (Å²) in [7, 11) is 0. The zero-order chi connectivity index (χ0) is 12.0. The molecule has 0 amide bonds. The van der Waals surface area contributed by atoms with Crippen molar-refractivity contribution in [3.8, 4) is 0 Å². The van der Waals surface area contributed by atoms with Crippen LogP contribution in [0.25, 0.3) is 0 Å². The number of H-pyrrole nitrogens is 1. The molecule has 0 saturated heterocycles. The van der Waals surface area contributed by atoms with Crippen molar-refractivity contribution in [2.24, 2.45) is 0 Å². The van der Waals surface area contributed by atoms with E-state index in [1.165, 1.54) is 0 Å². The lowest BCUT2D eigenvalue weighted by Crippen LogP contribution is -2.19. The number of aryl methyl sites for hydroxylation is 1. The second-order valence-electron chi connectivity index (χ2n) is 3.60. The van der Waals surface area contributed by atoms with Crippen LogP contribution in [0.15, 0.2) is 4.79 Å². The molecule has 0 aliphatic heterocycles. The Morgan fingerprint density at radius 1 is 1.50 bits per heavy atom. The van der Waals surface area contributed by atoms with E-state index < -0.39 is 0 Å². The molecule has 1 aromatic rings. The summed E-state index contributed by atoms with van der Waals surface area (Å²) in [6.07, 6.45) is 1.49. The Morgan fingerprint density at radius 3 is 2.81 bits per heavy atom. The number of hydrogen-bond acceptors (Lipinski definition) is 4. The number of rotatable bonds is 6. The Labute approximate surface area is 99.5 Å². The first-order valence-electron chi connectivity index (χ1n) is 5.46. The Morgan fingerprint density at radius 2 is 2.25 bits per heavy atom. The highest BCUT2D eigenvalue weighted by Gasteiger charge is 2.07. The Kier molecular flexibility index (Phi) is 5.55. The molecule has 2 N–H and O–H groups in total. The molecule has 16 heavy (non-hydrogen) atoms. The van der Waals surface area contributed by atoms with Gasteiger partial charge in [-0.25, -0.2) is 4.98 Å². The summed E-state index contributed by atoms with van der Waals surface area (Å²) in [6.45, 7) is 3.92. The SMILES string of the molecule is CCCSCc1nc(C)c(CCO)c(=O)[nH]1. The predicted molar refractivity (Wildman–Crippen MR) is 66.8 cm³/mol. The molecular weight excluding hydrogens is 224 g/mol. The third-order valence-electron chi connectivity index (χ3n) is 2.22. The molecule has 0 saturated carbocycles. The van der Waals surface area contributed by atoms with Crippen molar-refractivity contribution in [1.82, 2.24) is 9.97 Å². The second-order valence-corrected chi connectivity index (χ2v) is 4.71. The van der Waals surface area contributed by atoms with Crippen molar-refractivity contribution in [3.05, 3.63) is 27.4 Å². The number of aromatic amines is 1. The Bertz CT molecular complexity index is 390. The molecule has 0 aliphatic rings. The van der Waals surface area contributed by atoms with Crippen LogP contribution in [0.4, 0.5) is 0 Å². The van der Waals surface area contributed by atoms with E-state index in [1.807, 2.05) is 6.92 Å². The Balaban J connectivity index is 2.79. The van der Waals surface area contributed by atoms with Gasteiger partial charge in [0.15, 0.2) is 0 Å². The second kappa shape index (κ2) is 6.70. The smallest absolute Gasteiger partial charge is 0.254 e. The van der Waals surface area contributed by atoms with Crippen molar-refractivity contribution < 1.29 is 5.11 Å². The molecule has 5 heteroatoms. The number of aromatic nitrogens is 2. The first-order chi connectivity index (χ1) is 7.69. The zero-order valence-corrected chi connectivity index (χ0v) is 10.6. The highest BCUT2D eigenvalue weighted by Crippen LogP contribution is 2.09. The monoisotopic (exact) mass is 242 g/mol. The number of nitrogens with one attached hydrogen (secondary N) is 1. The molecule has 0 bridgehead atoms. The van der Waals surface area contributed by atoms with Crippen molar-refractivity contribution in [3.63, 3.8) is 0 Å². The average Bonchev–Trinajstić information content (AvgIpc) is 2.24. The molecule has 0 fully saturated rings. The van der Waals surface area contributed by atoms with Crippen molar-refractivity contribution in [2.45, 2.75) is 32.4 Å². The van der Waals surface area contributed by atoms with Gasteiger partial charge in [-0.15, -0.1) is 0 Å². The van der Waals surface area contributed by atoms with E-state index in [4.69, 9.17) is 5.11 Å². The lowest BCUT2D eigenvalue weighted by atomic mass is 10.2. The van der Waals surface area contributed by atoms with E-state index in [9.17, 15) is 4.79 Å². The van der Waals surface area contributed by atoms with E-state index in [2.05, 4.69) is 16.9 Å². The molecule has 0 atom stereocenters. The average molecular weight is 242 g/mol. The summed E-state index contributed by atoms with van der Waals surface area (Å²) in [5.74, 6) is 2.53. The maximum Gasteiger partial charge on any atom is 0.254 e. The van der Waals surface area contributed by atoms with Gasteiger partial charge in [-0.2, -0.15) is 11.8 Å². The van der Waals surface area contributed by atoms with E-state index >= 15 is 0 Å². The zero-order valence-electron chi connectivity index (χ0n) is 9.75. The highest BCUT2D eigenvalue weighted by atomic mass is 32.2. The number of aliphatic hydroxyl groups is 1. The topological polar surface area (TPSA) is 66.0 Å². The van der Waals surface area contributed by atoms with E-state index in [1.54, 1.807) is 11.8 Å². The largest absolute Gasteiger partial charge is 0.396 e. The molecular formula is C11H18N2O2S. The van der Waals surface area contributed by atoms with Gasteiger partial charge in [0.25, 0.3) is 5.56 Å². The highest BCUT2D eigenvalue weighted by molar-refractivity contribution is 7.98. The van der Waals surface area contributed by atoms with Gasteiger partial charge < -0.3 is 10.1 Å². The molecule has 0 radical (unpaired) electrons. The quantitative estimate of drug-likeness (QED) is 0.737. The molecule has 4 nitrogen and oxygen atoms in total.